The number of benzene rings is 1. The van der Waals surface area contributed by atoms with E-state index in [9.17, 15) is 0 Å². The lowest BCUT2D eigenvalue weighted by atomic mass is 10.2. The van der Waals surface area contributed by atoms with Gasteiger partial charge in [-0.2, -0.15) is 0 Å². The predicted molar refractivity (Wildman–Crippen MR) is 63.5 cm³/mol. The van der Waals surface area contributed by atoms with E-state index >= 15 is 0 Å². The molecule has 1 aromatic rings. The van der Waals surface area contributed by atoms with Crippen LogP contribution in [0.5, 0.6) is 5.75 Å². The van der Waals surface area contributed by atoms with E-state index in [1.54, 1.807) is 7.11 Å². The Morgan fingerprint density at radius 2 is 2.00 bits per heavy atom. The zero-order chi connectivity index (χ0) is 12.0. The Morgan fingerprint density at radius 3 is 2.50 bits per heavy atom. The van der Waals surface area contributed by atoms with Crippen molar-refractivity contribution in [1.29, 1.82) is 0 Å². The molecule has 1 aromatic carbocycles. The lowest BCUT2D eigenvalue weighted by Crippen LogP contribution is -2.13. The third-order valence-corrected chi connectivity index (χ3v) is 2.44. The summed E-state index contributed by atoms with van der Waals surface area (Å²) in [6, 6.07) is 7.69. The second-order valence-corrected chi connectivity index (χ2v) is 3.62. The maximum absolute atomic E-state index is 8.87. The first-order valence-electron chi connectivity index (χ1n) is 5.20. The van der Waals surface area contributed by atoms with Gasteiger partial charge in [0.25, 0.3) is 0 Å². The highest BCUT2D eigenvalue weighted by atomic mass is 16.5. The fourth-order valence-corrected chi connectivity index (χ4v) is 1.19. The highest BCUT2D eigenvalue weighted by Crippen LogP contribution is 2.13. The maximum Gasteiger partial charge on any atom is 0.118 e. The van der Waals surface area contributed by atoms with E-state index in [1.165, 1.54) is 0 Å². The van der Waals surface area contributed by atoms with Crippen LogP contribution in [-0.4, -0.2) is 24.9 Å². The zero-order valence-corrected chi connectivity index (χ0v) is 9.77. The van der Waals surface area contributed by atoms with Crippen molar-refractivity contribution in [3.05, 3.63) is 42.0 Å². The van der Waals surface area contributed by atoms with E-state index in [0.717, 1.165) is 11.3 Å². The van der Waals surface area contributed by atoms with Gasteiger partial charge in [0.1, 0.15) is 5.75 Å². The van der Waals surface area contributed by atoms with E-state index in [1.807, 2.05) is 31.2 Å². The number of rotatable bonds is 6. The summed E-state index contributed by atoms with van der Waals surface area (Å²) in [5, 5.41) is 8.87. The van der Waals surface area contributed by atoms with Crippen molar-refractivity contribution in [2.75, 3.05) is 13.7 Å². The smallest absolute Gasteiger partial charge is 0.118 e. The van der Waals surface area contributed by atoms with Crippen LogP contribution in [0.25, 0.3) is 0 Å². The molecular weight excluding hydrogens is 204 g/mol. The second-order valence-electron chi connectivity index (χ2n) is 3.62. The summed E-state index contributed by atoms with van der Waals surface area (Å²) in [4.78, 5) is 0. The summed E-state index contributed by atoms with van der Waals surface area (Å²) >= 11 is 0. The monoisotopic (exact) mass is 222 g/mol. The molecule has 0 heterocycles. The molecule has 0 saturated carbocycles. The molecule has 0 amide bonds. The van der Waals surface area contributed by atoms with Gasteiger partial charge in [-0.15, -0.1) is 0 Å². The summed E-state index contributed by atoms with van der Waals surface area (Å²) in [5.41, 5.74) is 1.76. The molecule has 0 aliphatic rings. The van der Waals surface area contributed by atoms with Crippen LogP contribution in [0.1, 0.15) is 12.5 Å². The third-order valence-electron chi connectivity index (χ3n) is 2.44. The van der Waals surface area contributed by atoms with Gasteiger partial charge in [-0.1, -0.05) is 18.7 Å². The lowest BCUT2D eigenvalue weighted by molar-refractivity contribution is 0.0694. The van der Waals surface area contributed by atoms with E-state index in [-0.39, 0.29) is 12.7 Å². The third kappa shape index (κ3) is 3.68. The quantitative estimate of drug-likeness (QED) is 0.749. The molecule has 0 aliphatic heterocycles. The standard InChI is InChI=1S/C13H18O3/c1-10(8-14)11(2)16-9-12-4-6-13(15-3)7-5-12/h4-7,11,14H,1,8-9H2,2-3H3/t11-/m0/s1. The number of ether oxygens (including phenoxy) is 2. The SMILES string of the molecule is C=C(CO)[C@H](C)OCc1ccc(OC)cc1. The van der Waals surface area contributed by atoms with Gasteiger partial charge in [0, 0.05) is 0 Å². The van der Waals surface area contributed by atoms with Gasteiger partial charge in [-0.3, -0.25) is 0 Å². The summed E-state index contributed by atoms with van der Waals surface area (Å²) in [6.45, 7) is 6.06. The fraction of sp³-hybridized carbons (Fsp3) is 0.385. The van der Waals surface area contributed by atoms with E-state index < -0.39 is 0 Å². The van der Waals surface area contributed by atoms with Crippen LogP contribution < -0.4 is 4.74 Å². The first kappa shape index (κ1) is 12.7. The van der Waals surface area contributed by atoms with Gasteiger partial charge < -0.3 is 14.6 Å². The predicted octanol–water partition coefficient (Wildman–Crippen LogP) is 2.15. The molecule has 0 fully saturated rings. The first-order valence-corrected chi connectivity index (χ1v) is 5.20. The second kappa shape index (κ2) is 6.30. The number of methoxy groups -OCH3 is 1. The molecule has 0 bridgehead atoms. The van der Waals surface area contributed by atoms with Gasteiger partial charge in [0.05, 0.1) is 26.4 Å². The lowest BCUT2D eigenvalue weighted by Gasteiger charge is -2.14. The first-order chi connectivity index (χ1) is 7.67. The normalized spacial score (nSPS) is 12.2. The Morgan fingerprint density at radius 1 is 1.38 bits per heavy atom. The van der Waals surface area contributed by atoms with E-state index in [2.05, 4.69) is 6.58 Å². The Labute approximate surface area is 96.3 Å². The average molecular weight is 222 g/mol. The zero-order valence-electron chi connectivity index (χ0n) is 9.77. The van der Waals surface area contributed by atoms with E-state index in [0.29, 0.717) is 12.2 Å². The maximum atomic E-state index is 8.87. The molecule has 1 N–H and O–H groups in total. The van der Waals surface area contributed by atoms with Crippen LogP contribution in [0.3, 0.4) is 0 Å². The number of aliphatic hydroxyl groups excluding tert-OH is 1. The highest BCUT2D eigenvalue weighted by Gasteiger charge is 2.05. The minimum absolute atomic E-state index is 0.0379. The molecule has 1 atom stereocenters. The molecule has 0 unspecified atom stereocenters. The van der Waals surface area contributed by atoms with Crippen molar-refractivity contribution >= 4 is 0 Å². The van der Waals surface area contributed by atoms with Crippen molar-refractivity contribution in [1.82, 2.24) is 0 Å². The van der Waals surface area contributed by atoms with E-state index in [4.69, 9.17) is 14.6 Å². The van der Waals surface area contributed by atoms with Crippen molar-refractivity contribution in [2.45, 2.75) is 19.6 Å². The van der Waals surface area contributed by atoms with Crippen LogP contribution in [0.15, 0.2) is 36.4 Å². The Hall–Kier alpha value is -1.32. The van der Waals surface area contributed by atoms with Crippen molar-refractivity contribution < 1.29 is 14.6 Å². The number of aliphatic hydroxyl groups is 1. The topological polar surface area (TPSA) is 38.7 Å². The molecule has 0 radical (unpaired) electrons. The molecular formula is C13H18O3. The number of hydrogen-bond donors (Lipinski definition) is 1. The molecule has 1 rings (SSSR count). The van der Waals surface area contributed by atoms with Gasteiger partial charge >= 0.3 is 0 Å². The Bertz CT molecular complexity index is 330. The van der Waals surface area contributed by atoms with Gasteiger partial charge in [0.15, 0.2) is 0 Å². The van der Waals surface area contributed by atoms with Crippen LogP contribution in [0.2, 0.25) is 0 Å². The highest BCUT2D eigenvalue weighted by molar-refractivity contribution is 5.26. The molecule has 3 heteroatoms. The molecule has 0 saturated heterocycles. The van der Waals surface area contributed by atoms with Crippen molar-refractivity contribution in [3.63, 3.8) is 0 Å². The number of hydrogen-bond acceptors (Lipinski definition) is 3. The fourth-order valence-electron chi connectivity index (χ4n) is 1.19. The van der Waals surface area contributed by atoms with Crippen molar-refractivity contribution in [3.8, 4) is 5.75 Å². The largest absolute Gasteiger partial charge is 0.497 e. The summed E-state index contributed by atoms with van der Waals surface area (Å²) < 4.78 is 10.6. The summed E-state index contributed by atoms with van der Waals surface area (Å²) in [6.07, 6.45) is -0.132. The van der Waals surface area contributed by atoms with Gasteiger partial charge in [-0.25, -0.2) is 0 Å². The molecule has 0 spiro atoms. The minimum atomic E-state index is -0.132. The average Bonchev–Trinajstić information content (AvgIpc) is 2.35. The van der Waals surface area contributed by atoms with Crippen LogP contribution in [0.4, 0.5) is 0 Å². The van der Waals surface area contributed by atoms with Crippen LogP contribution in [0, 0.1) is 0 Å². The van der Waals surface area contributed by atoms with Gasteiger partial charge in [-0.05, 0) is 30.2 Å². The van der Waals surface area contributed by atoms with Crippen molar-refractivity contribution in [2.24, 2.45) is 0 Å². The summed E-state index contributed by atoms with van der Waals surface area (Å²) in [7, 11) is 1.64. The molecule has 0 aliphatic carbocycles. The Balaban J connectivity index is 2.45. The molecule has 0 aromatic heterocycles. The Kier molecular flexibility index (Phi) is 5.02. The minimum Gasteiger partial charge on any atom is -0.497 e. The van der Waals surface area contributed by atoms with Crippen LogP contribution >= 0.6 is 0 Å². The molecule has 3 nitrogen and oxygen atoms in total. The van der Waals surface area contributed by atoms with Crippen LogP contribution in [-0.2, 0) is 11.3 Å². The van der Waals surface area contributed by atoms with Gasteiger partial charge in [0.2, 0.25) is 0 Å². The molecule has 16 heavy (non-hydrogen) atoms. The molecule has 88 valence electrons. The summed E-state index contributed by atoms with van der Waals surface area (Å²) in [5.74, 6) is 0.830.